The van der Waals surface area contributed by atoms with Gasteiger partial charge in [-0.2, -0.15) is 0 Å². The van der Waals surface area contributed by atoms with Crippen molar-refractivity contribution in [2.24, 2.45) is 5.73 Å². The number of carbonyl (C=O) groups excluding carboxylic acids is 1. The maximum absolute atomic E-state index is 13.3. The van der Waals surface area contributed by atoms with Crippen LogP contribution < -0.4 is 15.2 Å². The molecule has 0 aromatic heterocycles. The van der Waals surface area contributed by atoms with Gasteiger partial charge in [-0.15, -0.1) is 0 Å². The van der Waals surface area contributed by atoms with Gasteiger partial charge >= 0.3 is 0 Å². The van der Waals surface area contributed by atoms with Gasteiger partial charge < -0.3 is 20.1 Å². The molecule has 0 bridgehead atoms. The first-order valence-electron chi connectivity index (χ1n) is 9.18. The van der Waals surface area contributed by atoms with Gasteiger partial charge in [0.2, 0.25) is 12.7 Å². The van der Waals surface area contributed by atoms with Gasteiger partial charge in [0, 0.05) is 25.2 Å². The highest BCUT2D eigenvalue weighted by molar-refractivity contribution is 5.82. The molecule has 3 rings (SSSR count). The summed E-state index contributed by atoms with van der Waals surface area (Å²) in [6.07, 6.45) is 2.61. The molecule has 1 aromatic carbocycles. The van der Waals surface area contributed by atoms with Crippen LogP contribution in [-0.2, 0) is 11.3 Å². The maximum atomic E-state index is 13.3. The van der Waals surface area contributed by atoms with Gasteiger partial charge in [-0.25, -0.2) is 0 Å². The average molecular weight is 347 g/mol. The second kappa shape index (κ2) is 7.62. The topological polar surface area (TPSA) is 68.0 Å². The van der Waals surface area contributed by atoms with E-state index in [9.17, 15) is 4.79 Å². The third-order valence-corrected chi connectivity index (χ3v) is 5.32. The van der Waals surface area contributed by atoms with Crippen molar-refractivity contribution < 1.29 is 14.3 Å². The highest BCUT2D eigenvalue weighted by atomic mass is 16.7. The number of fused-ring (bicyclic) bond motifs is 1. The predicted molar refractivity (Wildman–Crippen MR) is 96.5 cm³/mol. The Bertz CT molecular complexity index is 618. The quantitative estimate of drug-likeness (QED) is 0.852. The number of amides is 1. The van der Waals surface area contributed by atoms with Crippen LogP contribution >= 0.6 is 0 Å². The van der Waals surface area contributed by atoms with E-state index in [1.165, 1.54) is 0 Å². The van der Waals surface area contributed by atoms with Crippen LogP contribution in [0.3, 0.4) is 0 Å². The van der Waals surface area contributed by atoms with Crippen molar-refractivity contribution >= 4 is 5.91 Å². The molecular formula is C19H29N3O3. The highest BCUT2D eigenvalue weighted by Crippen LogP contribution is 2.33. The number of rotatable bonds is 6. The van der Waals surface area contributed by atoms with E-state index in [1.54, 1.807) is 0 Å². The van der Waals surface area contributed by atoms with Gasteiger partial charge in [-0.1, -0.05) is 19.9 Å². The minimum absolute atomic E-state index is 0.0769. The molecule has 2 heterocycles. The number of likely N-dealkylation sites (N-methyl/N-ethyl adjacent to an activating group) is 1. The molecule has 1 amide bonds. The summed E-state index contributed by atoms with van der Waals surface area (Å²) in [7, 11) is 1.99. The molecule has 6 heteroatoms. The van der Waals surface area contributed by atoms with Gasteiger partial charge in [-0.3, -0.25) is 9.69 Å². The van der Waals surface area contributed by atoms with Crippen LogP contribution in [0.5, 0.6) is 11.5 Å². The monoisotopic (exact) mass is 347 g/mol. The van der Waals surface area contributed by atoms with Crippen LogP contribution in [0.25, 0.3) is 0 Å². The summed E-state index contributed by atoms with van der Waals surface area (Å²) < 4.78 is 10.9. The van der Waals surface area contributed by atoms with Crippen LogP contribution in [0.15, 0.2) is 18.2 Å². The largest absolute Gasteiger partial charge is 0.454 e. The number of hydrogen-bond acceptors (Lipinski definition) is 5. The number of nitrogens with zero attached hydrogens (tertiary/aromatic N) is 2. The van der Waals surface area contributed by atoms with E-state index in [4.69, 9.17) is 15.2 Å². The Morgan fingerprint density at radius 1 is 1.32 bits per heavy atom. The molecule has 0 radical (unpaired) electrons. The summed E-state index contributed by atoms with van der Waals surface area (Å²) in [4.78, 5) is 17.4. The highest BCUT2D eigenvalue weighted by Gasteiger charge is 2.37. The van der Waals surface area contributed by atoms with Crippen LogP contribution in [0.4, 0.5) is 0 Å². The molecule has 2 aliphatic rings. The van der Waals surface area contributed by atoms with Crippen molar-refractivity contribution in [3.05, 3.63) is 23.8 Å². The predicted octanol–water partition coefficient (Wildman–Crippen LogP) is 1.96. The van der Waals surface area contributed by atoms with E-state index in [-0.39, 0.29) is 30.8 Å². The standard InChI is InChI=1S/C19H29N3O3/c1-4-15(5-2)22(19(23)16-9-14(20)11-21(16)3)10-13-6-7-17-18(8-13)25-12-24-17/h6-8,14-16H,4-5,9-12,20H2,1-3H3/t14-,16-/m0/s1. The number of hydrogen-bond donors (Lipinski definition) is 1. The summed E-state index contributed by atoms with van der Waals surface area (Å²) in [5.74, 6) is 1.71. The second-order valence-electron chi connectivity index (χ2n) is 7.08. The fourth-order valence-electron chi connectivity index (χ4n) is 3.87. The first kappa shape index (κ1) is 18.0. The summed E-state index contributed by atoms with van der Waals surface area (Å²) in [6, 6.07) is 6.10. The molecule has 0 spiro atoms. The first-order valence-corrected chi connectivity index (χ1v) is 9.18. The third kappa shape index (κ3) is 3.75. The fraction of sp³-hybridized carbons (Fsp3) is 0.632. The van der Waals surface area contributed by atoms with Crippen molar-refractivity contribution in [3.63, 3.8) is 0 Å². The molecule has 2 atom stereocenters. The molecule has 1 fully saturated rings. The molecular weight excluding hydrogens is 318 g/mol. The molecule has 25 heavy (non-hydrogen) atoms. The molecule has 1 aromatic rings. The Kier molecular flexibility index (Phi) is 5.49. The second-order valence-corrected chi connectivity index (χ2v) is 7.08. The maximum Gasteiger partial charge on any atom is 0.240 e. The smallest absolute Gasteiger partial charge is 0.240 e. The zero-order chi connectivity index (χ0) is 18.0. The third-order valence-electron chi connectivity index (χ3n) is 5.32. The Labute approximate surface area is 149 Å². The number of likely N-dealkylation sites (tertiary alicyclic amines) is 1. The van der Waals surface area contributed by atoms with Crippen LogP contribution in [-0.4, -0.2) is 54.2 Å². The minimum Gasteiger partial charge on any atom is -0.454 e. The van der Waals surface area contributed by atoms with Gasteiger partial charge in [0.05, 0.1) is 6.04 Å². The van der Waals surface area contributed by atoms with Crippen molar-refractivity contribution in [3.8, 4) is 11.5 Å². The van der Waals surface area contributed by atoms with E-state index in [1.807, 2.05) is 30.1 Å². The Morgan fingerprint density at radius 2 is 2.04 bits per heavy atom. The van der Waals surface area contributed by atoms with Gasteiger partial charge in [0.25, 0.3) is 0 Å². The molecule has 2 N–H and O–H groups in total. The summed E-state index contributed by atoms with van der Waals surface area (Å²) in [5, 5.41) is 0. The van der Waals surface area contributed by atoms with Gasteiger partial charge in [0.15, 0.2) is 11.5 Å². The Hall–Kier alpha value is -1.79. The normalized spacial score (nSPS) is 22.6. The van der Waals surface area contributed by atoms with Crippen molar-refractivity contribution in [1.29, 1.82) is 0 Å². The van der Waals surface area contributed by atoms with Crippen LogP contribution in [0.2, 0.25) is 0 Å². The minimum atomic E-state index is -0.121. The lowest BCUT2D eigenvalue weighted by Crippen LogP contribution is -2.48. The lowest BCUT2D eigenvalue weighted by Gasteiger charge is -2.34. The van der Waals surface area contributed by atoms with E-state index >= 15 is 0 Å². The molecule has 0 aliphatic carbocycles. The van der Waals surface area contributed by atoms with Crippen LogP contribution in [0.1, 0.15) is 38.7 Å². The molecule has 2 aliphatic heterocycles. The fourth-order valence-corrected chi connectivity index (χ4v) is 3.87. The number of carbonyl (C=O) groups is 1. The van der Waals surface area contributed by atoms with Crippen LogP contribution in [0, 0.1) is 0 Å². The molecule has 0 unspecified atom stereocenters. The zero-order valence-corrected chi connectivity index (χ0v) is 15.4. The van der Waals surface area contributed by atoms with E-state index < -0.39 is 0 Å². The molecule has 6 nitrogen and oxygen atoms in total. The van der Waals surface area contributed by atoms with E-state index in [0.717, 1.165) is 42.9 Å². The molecule has 1 saturated heterocycles. The lowest BCUT2D eigenvalue weighted by molar-refractivity contribution is -0.139. The average Bonchev–Trinajstić information content (AvgIpc) is 3.19. The number of ether oxygens (including phenoxy) is 2. The molecule has 0 saturated carbocycles. The molecule has 138 valence electrons. The van der Waals surface area contributed by atoms with Gasteiger partial charge in [0.1, 0.15) is 0 Å². The van der Waals surface area contributed by atoms with Crippen molar-refractivity contribution in [2.45, 2.75) is 57.8 Å². The Balaban J connectivity index is 1.81. The number of benzene rings is 1. The number of nitrogens with two attached hydrogens (primary N) is 1. The van der Waals surface area contributed by atoms with E-state index in [2.05, 4.69) is 18.7 Å². The summed E-state index contributed by atoms with van der Waals surface area (Å²) in [6.45, 7) is 5.90. The van der Waals surface area contributed by atoms with E-state index in [0.29, 0.717) is 6.54 Å². The first-order chi connectivity index (χ1) is 12.0. The van der Waals surface area contributed by atoms with Crippen molar-refractivity contribution in [2.75, 3.05) is 20.4 Å². The van der Waals surface area contributed by atoms with Gasteiger partial charge in [-0.05, 0) is 44.0 Å². The lowest BCUT2D eigenvalue weighted by atomic mass is 10.0. The summed E-state index contributed by atoms with van der Waals surface area (Å²) >= 11 is 0. The van der Waals surface area contributed by atoms with Crippen molar-refractivity contribution in [1.82, 2.24) is 9.80 Å². The Morgan fingerprint density at radius 3 is 2.68 bits per heavy atom. The SMILES string of the molecule is CCC(CC)N(Cc1ccc2c(c1)OCO2)C(=O)[C@@H]1C[C@H](N)CN1C. The zero-order valence-electron chi connectivity index (χ0n) is 15.4. The summed E-state index contributed by atoms with van der Waals surface area (Å²) in [5.41, 5.74) is 7.13.